The first-order valence-corrected chi connectivity index (χ1v) is 6.42. The molecular formula is C12H10BrN3OS. The smallest absolute Gasteiger partial charge is 0.252 e. The van der Waals surface area contributed by atoms with Gasteiger partial charge in [-0.1, -0.05) is 0 Å². The van der Waals surface area contributed by atoms with Gasteiger partial charge in [0, 0.05) is 15.6 Å². The maximum Gasteiger partial charge on any atom is 0.252 e. The molecule has 6 heteroatoms. The molecule has 1 heterocycles. The molecule has 0 spiro atoms. The Balaban J connectivity index is 2.06. The standard InChI is InChI=1S/C12H10BrN3OS/c13-11-2-1-9(18)5-10(11)12(17)15-6-8-3-4-14-7-16-8/h1-5,7,18H,6H2,(H,15,17). The molecule has 0 aliphatic carbocycles. The summed E-state index contributed by atoms with van der Waals surface area (Å²) in [6.45, 7) is 0.366. The molecule has 2 rings (SSSR count). The van der Waals surface area contributed by atoms with Crippen LogP contribution in [0.4, 0.5) is 0 Å². The van der Waals surface area contributed by atoms with Crippen LogP contribution >= 0.6 is 28.6 Å². The van der Waals surface area contributed by atoms with Crippen LogP contribution in [0.25, 0.3) is 0 Å². The van der Waals surface area contributed by atoms with Crippen LogP contribution in [-0.4, -0.2) is 15.9 Å². The molecule has 0 aliphatic rings. The fraction of sp³-hybridized carbons (Fsp3) is 0.0833. The number of hydrogen-bond donors (Lipinski definition) is 2. The van der Waals surface area contributed by atoms with Gasteiger partial charge in [0.25, 0.3) is 5.91 Å². The van der Waals surface area contributed by atoms with Gasteiger partial charge in [0.05, 0.1) is 17.8 Å². The number of thiol groups is 1. The predicted octanol–water partition coefficient (Wildman–Crippen LogP) is 2.46. The highest BCUT2D eigenvalue weighted by Gasteiger charge is 2.10. The van der Waals surface area contributed by atoms with Gasteiger partial charge < -0.3 is 5.32 Å². The monoisotopic (exact) mass is 323 g/mol. The molecular weight excluding hydrogens is 314 g/mol. The minimum absolute atomic E-state index is 0.170. The Labute approximate surface area is 118 Å². The van der Waals surface area contributed by atoms with Crippen LogP contribution < -0.4 is 5.32 Å². The van der Waals surface area contributed by atoms with Gasteiger partial charge in [-0.05, 0) is 40.2 Å². The number of benzene rings is 1. The number of amides is 1. The van der Waals surface area contributed by atoms with E-state index in [0.29, 0.717) is 12.1 Å². The first-order chi connectivity index (χ1) is 8.66. The second-order valence-corrected chi connectivity index (χ2v) is 4.92. The van der Waals surface area contributed by atoms with E-state index in [9.17, 15) is 4.79 Å². The highest BCUT2D eigenvalue weighted by atomic mass is 79.9. The Morgan fingerprint density at radius 3 is 2.94 bits per heavy atom. The van der Waals surface area contributed by atoms with E-state index < -0.39 is 0 Å². The minimum atomic E-state index is -0.170. The lowest BCUT2D eigenvalue weighted by molar-refractivity contribution is 0.0949. The lowest BCUT2D eigenvalue weighted by Gasteiger charge is -2.07. The second kappa shape index (κ2) is 5.97. The summed E-state index contributed by atoms with van der Waals surface area (Å²) in [5.74, 6) is -0.170. The molecule has 1 amide bonds. The zero-order valence-corrected chi connectivity index (χ0v) is 11.8. The van der Waals surface area contributed by atoms with Crippen LogP contribution in [0.3, 0.4) is 0 Å². The largest absolute Gasteiger partial charge is 0.346 e. The maximum atomic E-state index is 12.0. The molecule has 0 bridgehead atoms. The fourth-order valence-electron chi connectivity index (χ4n) is 1.38. The molecule has 2 aromatic rings. The highest BCUT2D eigenvalue weighted by molar-refractivity contribution is 9.10. The number of halogens is 1. The Hall–Kier alpha value is -1.40. The zero-order valence-electron chi connectivity index (χ0n) is 9.30. The Morgan fingerprint density at radius 1 is 1.39 bits per heavy atom. The molecule has 0 unspecified atom stereocenters. The number of nitrogens with one attached hydrogen (secondary N) is 1. The number of aromatic nitrogens is 2. The second-order valence-electron chi connectivity index (χ2n) is 3.55. The third kappa shape index (κ3) is 3.30. The van der Waals surface area contributed by atoms with Crippen molar-refractivity contribution in [3.05, 3.63) is 52.5 Å². The van der Waals surface area contributed by atoms with Gasteiger partial charge in [-0.3, -0.25) is 4.79 Å². The number of hydrogen-bond acceptors (Lipinski definition) is 4. The summed E-state index contributed by atoms with van der Waals surface area (Å²) in [7, 11) is 0. The average Bonchev–Trinajstić information content (AvgIpc) is 2.40. The Morgan fingerprint density at radius 2 is 2.22 bits per heavy atom. The van der Waals surface area contributed by atoms with E-state index in [0.717, 1.165) is 15.1 Å². The van der Waals surface area contributed by atoms with Gasteiger partial charge in [-0.2, -0.15) is 0 Å². The summed E-state index contributed by atoms with van der Waals surface area (Å²) < 4.78 is 0.737. The third-order valence-electron chi connectivity index (χ3n) is 2.27. The van der Waals surface area contributed by atoms with Gasteiger partial charge in [-0.25, -0.2) is 9.97 Å². The van der Waals surface area contributed by atoms with Crippen LogP contribution in [0.5, 0.6) is 0 Å². The van der Waals surface area contributed by atoms with E-state index >= 15 is 0 Å². The van der Waals surface area contributed by atoms with Gasteiger partial charge in [0.2, 0.25) is 0 Å². The van der Waals surface area contributed by atoms with Crippen molar-refractivity contribution >= 4 is 34.5 Å². The summed E-state index contributed by atoms with van der Waals surface area (Å²) in [5, 5.41) is 2.79. The SMILES string of the molecule is O=C(NCc1ccncn1)c1cc(S)ccc1Br. The van der Waals surface area contributed by atoms with Gasteiger partial charge in [0.15, 0.2) is 0 Å². The summed E-state index contributed by atoms with van der Waals surface area (Å²) in [6.07, 6.45) is 3.09. The number of carbonyl (C=O) groups excluding carboxylic acids is 1. The summed E-state index contributed by atoms with van der Waals surface area (Å²) in [6, 6.07) is 7.07. The van der Waals surface area contributed by atoms with E-state index in [4.69, 9.17) is 0 Å². The van der Waals surface area contributed by atoms with Crippen molar-refractivity contribution in [2.24, 2.45) is 0 Å². The summed E-state index contributed by atoms with van der Waals surface area (Å²) in [5.41, 5.74) is 1.31. The quantitative estimate of drug-likeness (QED) is 0.853. The molecule has 0 saturated carbocycles. The van der Waals surface area contributed by atoms with Crippen molar-refractivity contribution in [3.63, 3.8) is 0 Å². The molecule has 0 atom stereocenters. The lowest BCUT2D eigenvalue weighted by atomic mass is 10.2. The first-order valence-electron chi connectivity index (χ1n) is 5.18. The van der Waals surface area contributed by atoms with Crippen molar-refractivity contribution in [1.29, 1.82) is 0 Å². The van der Waals surface area contributed by atoms with E-state index in [1.807, 2.05) is 6.07 Å². The lowest BCUT2D eigenvalue weighted by Crippen LogP contribution is -2.23. The molecule has 18 heavy (non-hydrogen) atoms. The summed E-state index contributed by atoms with van der Waals surface area (Å²) >= 11 is 7.55. The molecule has 1 aromatic carbocycles. The van der Waals surface area contributed by atoms with Gasteiger partial charge in [-0.15, -0.1) is 12.6 Å². The molecule has 0 fully saturated rings. The van der Waals surface area contributed by atoms with Crippen molar-refractivity contribution < 1.29 is 4.79 Å². The Bertz CT molecular complexity index is 563. The molecule has 1 aromatic heterocycles. The average molecular weight is 324 g/mol. The molecule has 92 valence electrons. The van der Waals surface area contributed by atoms with Crippen molar-refractivity contribution in [1.82, 2.24) is 15.3 Å². The fourth-order valence-corrected chi connectivity index (χ4v) is 2.01. The van der Waals surface area contributed by atoms with E-state index in [2.05, 4.69) is 43.8 Å². The normalized spacial score (nSPS) is 10.1. The topological polar surface area (TPSA) is 54.9 Å². The van der Waals surface area contributed by atoms with Crippen LogP contribution in [-0.2, 0) is 6.54 Å². The summed E-state index contributed by atoms with van der Waals surface area (Å²) in [4.78, 5) is 20.6. The van der Waals surface area contributed by atoms with Crippen molar-refractivity contribution in [2.45, 2.75) is 11.4 Å². The van der Waals surface area contributed by atoms with Crippen molar-refractivity contribution in [3.8, 4) is 0 Å². The predicted molar refractivity (Wildman–Crippen MR) is 74.6 cm³/mol. The van der Waals surface area contributed by atoms with Crippen molar-refractivity contribution in [2.75, 3.05) is 0 Å². The maximum absolute atomic E-state index is 12.0. The minimum Gasteiger partial charge on any atom is -0.346 e. The Kier molecular flexibility index (Phi) is 4.33. The number of nitrogens with zero attached hydrogens (tertiary/aromatic N) is 2. The number of rotatable bonds is 3. The third-order valence-corrected chi connectivity index (χ3v) is 3.24. The van der Waals surface area contributed by atoms with Crippen LogP contribution in [0.15, 0.2) is 46.2 Å². The number of carbonyl (C=O) groups is 1. The van der Waals surface area contributed by atoms with Crippen LogP contribution in [0.2, 0.25) is 0 Å². The molecule has 0 saturated heterocycles. The first kappa shape index (κ1) is 13.0. The van der Waals surface area contributed by atoms with Gasteiger partial charge >= 0.3 is 0 Å². The molecule has 0 aliphatic heterocycles. The van der Waals surface area contributed by atoms with E-state index in [-0.39, 0.29) is 5.91 Å². The zero-order chi connectivity index (χ0) is 13.0. The molecule has 0 radical (unpaired) electrons. The molecule has 1 N–H and O–H groups in total. The van der Waals surface area contributed by atoms with E-state index in [1.165, 1.54) is 6.33 Å². The van der Waals surface area contributed by atoms with Gasteiger partial charge in [0.1, 0.15) is 6.33 Å². The molecule has 4 nitrogen and oxygen atoms in total. The van der Waals surface area contributed by atoms with Crippen LogP contribution in [0.1, 0.15) is 16.1 Å². The van der Waals surface area contributed by atoms with E-state index in [1.54, 1.807) is 24.4 Å². The van der Waals surface area contributed by atoms with Crippen LogP contribution in [0, 0.1) is 0 Å². The highest BCUT2D eigenvalue weighted by Crippen LogP contribution is 2.20.